The molecule has 6 heteroatoms. The molecular formula is C15H19N3OS2. The van der Waals surface area contributed by atoms with Gasteiger partial charge in [-0.05, 0) is 32.6 Å². The second-order valence-corrected chi connectivity index (χ2v) is 7.46. The number of amides is 1. The predicted octanol–water partition coefficient (Wildman–Crippen LogP) is 3.32. The average Bonchev–Trinajstić information content (AvgIpc) is 3.09. The zero-order chi connectivity index (χ0) is 14.8. The van der Waals surface area contributed by atoms with Gasteiger partial charge in [-0.25, -0.2) is 9.97 Å². The van der Waals surface area contributed by atoms with Crippen LogP contribution in [0.1, 0.15) is 56.6 Å². The second-order valence-electron chi connectivity index (χ2n) is 5.32. The lowest BCUT2D eigenvalue weighted by Crippen LogP contribution is -2.30. The van der Waals surface area contributed by atoms with E-state index in [2.05, 4.69) is 22.2 Å². The van der Waals surface area contributed by atoms with Crippen molar-refractivity contribution in [2.75, 3.05) is 6.54 Å². The Balaban J connectivity index is 1.67. The molecule has 0 unspecified atom stereocenters. The van der Waals surface area contributed by atoms with Gasteiger partial charge in [0.25, 0.3) is 5.91 Å². The van der Waals surface area contributed by atoms with Crippen molar-refractivity contribution in [3.8, 4) is 0 Å². The predicted molar refractivity (Wildman–Crippen MR) is 86.4 cm³/mol. The van der Waals surface area contributed by atoms with E-state index in [-0.39, 0.29) is 5.91 Å². The van der Waals surface area contributed by atoms with Gasteiger partial charge in [-0.3, -0.25) is 4.79 Å². The Bertz CT molecular complexity index is 647. The zero-order valence-electron chi connectivity index (χ0n) is 12.3. The Morgan fingerprint density at radius 2 is 2.38 bits per heavy atom. The first-order chi connectivity index (χ1) is 10.2. The highest BCUT2D eigenvalue weighted by Gasteiger charge is 2.25. The Morgan fingerprint density at radius 3 is 3.19 bits per heavy atom. The molecule has 21 heavy (non-hydrogen) atoms. The molecular weight excluding hydrogens is 302 g/mol. The average molecular weight is 321 g/mol. The van der Waals surface area contributed by atoms with E-state index in [1.807, 2.05) is 6.92 Å². The summed E-state index contributed by atoms with van der Waals surface area (Å²) in [4.78, 5) is 23.3. The minimum Gasteiger partial charge on any atom is -0.351 e. The minimum absolute atomic E-state index is 0.00780. The lowest BCUT2D eigenvalue weighted by molar-refractivity contribution is 0.0953. The van der Waals surface area contributed by atoms with Gasteiger partial charge in [0.1, 0.15) is 4.88 Å². The number of carbonyl (C=O) groups is 1. The van der Waals surface area contributed by atoms with Crippen LogP contribution in [-0.2, 0) is 12.8 Å². The summed E-state index contributed by atoms with van der Waals surface area (Å²) in [5, 5.41) is 4.21. The van der Waals surface area contributed by atoms with Crippen molar-refractivity contribution in [2.45, 2.75) is 45.4 Å². The fourth-order valence-corrected chi connectivity index (χ4v) is 4.69. The summed E-state index contributed by atoms with van der Waals surface area (Å²) in [6.07, 6.45) is 4.24. The van der Waals surface area contributed by atoms with Crippen LogP contribution in [0.4, 0.5) is 0 Å². The van der Waals surface area contributed by atoms with E-state index < -0.39 is 0 Å². The molecule has 4 nitrogen and oxygen atoms in total. The first-order valence-electron chi connectivity index (χ1n) is 7.35. The summed E-state index contributed by atoms with van der Waals surface area (Å²) < 4.78 is 0. The Morgan fingerprint density at radius 1 is 1.52 bits per heavy atom. The number of hydrogen-bond donors (Lipinski definition) is 1. The zero-order valence-corrected chi connectivity index (χ0v) is 13.9. The molecule has 0 fully saturated rings. The second kappa shape index (κ2) is 6.23. The van der Waals surface area contributed by atoms with Crippen LogP contribution in [0.15, 0.2) is 5.51 Å². The van der Waals surface area contributed by atoms with Gasteiger partial charge in [-0.2, -0.15) is 0 Å². The van der Waals surface area contributed by atoms with E-state index in [4.69, 9.17) is 0 Å². The maximum absolute atomic E-state index is 12.3. The van der Waals surface area contributed by atoms with E-state index in [0.29, 0.717) is 12.5 Å². The van der Waals surface area contributed by atoms with Crippen LogP contribution < -0.4 is 5.32 Å². The number of rotatable bonds is 4. The molecule has 2 aromatic rings. The molecule has 112 valence electrons. The maximum atomic E-state index is 12.3. The number of fused-ring (bicyclic) bond motifs is 1. The SMILES string of the molecule is CCc1ncsc1C(=O)NC[C@@H]1CCCc2sc(C)nc21. The molecule has 0 saturated heterocycles. The Kier molecular flexibility index (Phi) is 4.35. The maximum Gasteiger partial charge on any atom is 0.263 e. The lowest BCUT2D eigenvalue weighted by atomic mass is 9.91. The molecule has 1 atom stereocenters. The molecule has 0 aliphatic heterocycles. The highest BCUT2D eigenvalue weighted by Crippen LogP contribution is 2.34. The quantitative estimate of drug-likeness (QED) is 0.940. The largest absolute Gasteiger partial charge is 0.351 e. The fourth-order valence-electron chi connectivity index (χ4n) is 2.83. The molecule has 0 radical (unpaired) electrons. The monoisotopic (exact) mass is 321 g/mol. The third-order valence-electron chi connectivity index (χ3n) is 3.87. The number of aryl methyl sites for hydroxylation is 3. The third-order valence-corrected chi connectivity index (χ3v) is 5.78. The van der Waals surface area contributed by atoms with Gasteiger partial charge in [-0.15, -0.1) is 22.7 Å². The lowest BCUT2D eigenvalue weighted by Gasteiger charge is -2.21. The topological polar surface area (TPSA) is 54.9 Å². The number of carbonyl (C=O) groups excluding carboxylic acids is 1. The normalized spacial score (nSPS) is 17.5. The molecule has 0 saturated carbocycles. The summed E-state index contributed by atoms with van der Waals surface area (Å²) >= 11 is 3.22. The van der Waals surface area contributed by atoms with Crippen LogP contribution in [0.3, 0.4) is 0 Å². The van der Waals surface area contributed by atoms with Crippen molar-refractivity contribution in [3.05, 3.63) is 31.7 Å². The molecule has 2 heterocycles. The number of hydrogen-bond acceptors (Lipinski definition) is 5. The molecule has 0 spiro atoms. The van der Waals surface area contributed by atoms with E-state index in [1.54, 1.807) is 16.8 Å². The number of nitrogens with one attached hydrogen (secondary N) is 1. The highest BCUT2D eigenvalue weighted by atomic mass is 32.1. The standard InChI is InChI=1S/C15H19N3OS2/c1-3-11-14(20-8-17-11)15(19)16-7-10-5-4-6-12-13(10)18-9(2)21-12/h8,10H,3-7H2,1-2H3,(H,16,19)/t10-/m0/s1. The molecule has 1 amide bonds. The summed E-state index contributed by atoms with van der Waals surface area (Å²) in [5.41, 5.74) is 3.85. The van der Waals surface area contributed by atoms with Gasteiger partial charge in [0.05, 0.1) is 21.9 Å². The van der Waals surface area contributed by atoms with Crippen molar-refractivity contribution in [1.82, 2.24) is 15.3 Å². The van der Waals surface area contributed by atoms with Crippen LogP contribution >= 0.6 is 22.7 Å². The van der Waals surface area contributed by atoms with Gasteiger partial charge in [-0.1, -0.05) is 6.92 Å². The molecule has 0 bridgehead atoms. The van der Waals surface area contributed by atoms with Gasteiger partial charge in [0.15, 0.2) is 0 Å². The number of aromatic nitrogens is 2. The summed E-state index contributed by atoms with van der Waals surface area (Å²) in [7, 11) is 0. The Hall–Kier alpha value is -1.27. The van der Waals surface area contributed by atoms with Crippen molar-refractivity contribution in [2.24, 2.45) is 0 Å². The molecule has 1 aliphatic carbocycles. The number of nitrogens with zero attached hydrogens (tertiary/aromatic N) is 2. The van der Waals surface area contributed by atoms with Crippen molar-refractivity contribution < 1.29 is 4.79 Å². The minimum atomic E-state index is 0.00780. The summed E-state index contributed by atoms with van der Waals surface area (Å²) in [6, 6.07) is 0. The Labute approximate surface area is 132 Å². The van der Waals surface area contributed by atoms with E-state index in [1.165, 1.54) is 28.3 Å². The smallest absolute Gasteiger partial charge is 0.263 e. The number of thiazole rings is 2. The first kappa shape index (κ1) is 14.7. The van der Waals surface area contributed by atoms with E-state index in [0.717, 1.165) is 34.8 Å². The molecule has 1 N–H and O–H groups in total. The molecule has 3 rings (SSSR count). The summed E-state index contributed by atoms with van der Waals surface area (Å²) in [6.45, 7) is 4.76. The van der Waals surface area contributed by atoms with Gasteiger partial charge >= 0.3 is 0 Å². The van der Waals surface area contributed by atoms with Gasteiger partial charge < -0.3 is 5.32 Å². The van der Waals surface area contributed by atoms with Crippen molar-refractivity contribution in [3.63, 3.8) is 0 Å². The molecule has 0 aromatic carbocycles. The van der Waals surface area contributed by atoms with Crippen LogP contribution in [0.25, 0.3) is 0 Å². The molecule has 2 aromatic heterocycles. The summed E-state index contributed by atoms with van der Waals surface area (Å²) in [5.74, 6) is 0.370. The van der Waals surface area contributed by atoms with E-state index >= 15 is 0 Å². The molecule has 1 aliphatic rings. The van der Waals surface area contributed by atoms with Crippen molar-refractivity contribution in [1.29, 1.82) is 0 Å². The fraction of sp³-hybridized carbons (Fsp3) is 0.533. The van der Waals surface area contributed by atoms with E-state index in [9.17, 15) is 4.79 Å². The van der Waals surface area contributed by atoms with Crippen LogP contribution in [0.5, 0.6) is 0 Å². The van der Waals surface area contributed by atoms with Crippen molar-refractivity contribution >= 4 is 28.6 Å². The van der Waals surface area contributed by atoms with Crippen LogP contribution in [-0.4, -0.2) is 22.4 Å². The van der Waals surface area contributed by atoms with Gasteiger partial charge in [0.2, 0.25) is 0 Å². The highest BCUT2D eigenvalue weighted by molar-refractivity contribution is 7.12. The first-order valence-corrected chi connectivity index (χ1v) is 9.05. The van der Waals surface area contributed by atoms with Gasteiger partial charge in [0, 0.05) is 17.3 Å². The third kappa shape index (κ3) is 3.01. The van der Waals surface area contributed by atoms with Crippen LogP contribution in [0, 0.1) is 6.92 Å². The van der Waals surface area contributed by atoms with Crippen LogP contribution in [0.2, 0.25) is 0 Å².